The summed E-state index contributed by atoms with van der Waals surface area (Å²) in [6.45, 7) is 6.76. The molecule has 154 valence electrons. The Bertz CT molecular complexity index is 560. The van der Waals surface area contributed by atoms with E-state index in [4.69, 9.17) is 9.47 Å². The molecule has 1 aliphatic heterocycles. The van der Waals surface area contributed by atoms with Crippen molar-refractivity contribution in [3.63, 3.8) is 0 Å². The summed E-state index contributed by atoms with van der Waals surface area (Å²) in [7, 11) is 1.67. The van der Waals surface area contributed by atoms with E-state index in [1.165, 1.54) is 12.1 Å². The van der Waals surface area contributed by atoms with Crippen LogP contribution in [0, 0.1) is 11.7 Å². The van der Waals surface area contributed by atoms with Crippen LogP contribution in [0.25, 0.3) is 0 Å². The van der Waals surface area contributed by atoms with Crippen molar-refractivity contribution in [2.24, 2.45) is 10.9 Å². The van der Waals surface area contributed by atoms with Crippen molar-refractivity contribution in [3.8, 4) is 0 Å². The number of aliphatic imine (C=N–C) groups is 1. The number of likely N-dealkylation sites (tertiary alicyclic amines) is 1. The van der Waals surface area contributed by atoms with Gasteiger partial charge in [-0.3, -0.25) is 4.99 Å². The molecule has 6 nitrogen and oxygen atoms in total. The summed E-state index contributed by atoms with van der Waals surface area (Å²) in [4.78, 5) is 6.76. The molecule has 2 rings (SSSR count). The number of benzene rings is 1. The fraction of sp³-hybridized carbons (Fsp3) is 0.632. The van der Waals surface area contributed by atoms with Crippen LogP contribution in [0.3, 0.4) is 0 Å². The van der Waals surface area contributed by atoms with E-state index in [1.807, 2.05) is 6.92 Å². The Morgan fingerprint density at radius 2 is 2.11 bits per heavy atom. The van der Waals surface area contributed by atoms with E-state index in [9.17, 15) is 9.50 Å². The second-order valence-electron chi connectivity index (χ2n) is 6.43. The van der Waals surface area contributed by atoms with Crippen molar-refractivity contribution in [3.05, 3.63) is 35.6 Å². The van der Waals surface area contributed by atoms with Gasteiger partial charge in [0.1, 0.15) is 5.82 Å². The molecule has 0 saturated carbocycles. The van der Waals surface area contributed by atoms with Crippen molar-refractivity contribution in [2.45, 2.75) is 19.4 Å². The van der Waals surface area contributed by atoms with E-state index < -0.39 is 6.10 Å². The van der Waals surface area contributed by atoms with E-state index in [2.05, 4.69) is 15.2 Å². The van der Waals surface area contributed by atoms with Gasteiger partial charge in [-0.2, -0.15) is 0 Å². The normalized spacial score (nSPS) is 18.3. The van der Waals surface area contributed by atoms with Crippen LogP contribution in [0.4, 0.5) is 4.39 Å². The van der Waals surface area contributed by atoms with Gasteiger partial charge in [0.25, 0.3) is 0 Å². The molecule has 1 aliphatic rings. The number of nitrogens with one attached hydrogen (secondary N) is 1. The molecule has 8 heteroatoms. The minimum atomic E-state index is -0.750. The summed E-state index contributed by atoms with van der Waals surface area (Å²) in [5, 5.41) is 13.6. The van der Waals surface area contributed by atoms with Crippen molar-refractivity contribution in [1.29, 1.82) is 0 Å². The average Bonchev–Trinajstić information content (AvgIpc) is 3.11. The topological polar surface area (TPSA) is 66.3 Å². The summed E-state index contributed by atoms with van der Waals surface area (Å²) >= 11 is 0. The number of hydrogen-bond donors (Lipinski definition) is 2. The lowest BCUT2D eigenvalue weighted by Crippen LogP contribution is -2.40. The quantitative estimate of drug-likeness (QED) is 0.239. The summed E-state index contributed by atoms with van der Waals surface area (Å²) in [5.41, 5.74) is 0.664. The summed E-state index contributed by atoms with van der Waals surface area (Å²) in [5.74, 6) is 0.958. The number of aliphatic hydroxyl groups excluding tert-OH is 1. The Morgan fingerprint density at radius 1 is 1.37 bits per heavy atom. The SMILES string of the molecule is CCNC(=NCC(O)c1ccc(F)cc1)N1CCC(COCCOC)C1.I. The fourth-order valence-electron chi connectivity index (χ4n) is 2.94. The van der Waals surface area contributed by atoms with Gasteiger partial charge in [0.2, 0.25) is 0 Å². The molecule has 0 spiro atoms. The molecule has 1 aromatic rings. The van der Waals surface area contributed by atoms with Gasteiger partial charge >= 0.3 is 0 Å². The van der Waals surface area contributed by atoms with Crippen molar-refractivity contribution in [2.75, 3.05) is 53.1 Å². The Balaban J connectivity index is 0.00000364. The minimum Gasteiger partial charge on any atom is -0.386 e. The molecule has 1 aromatic carbocycles. The highest BCUT2D eigenvalue weighted by Crippen LogP contribution is 2.18. The van der Waals surface area contributed by atoms with Crippen LogP contribution in [-0.4, -0.2) is 69.1 Å². The van der Waals surface area contributed by atoms with Crippen molar-refractivity contribution >= 4 is 29.9 Å². The van der Waals surface area contributed by atoms with Gasteiger partial charge in [-0.25, -0.2) is 4.39 Å². The Kier molecular flexibility index (Phi) is 11.8. The Hall–Kier alpha value is -0.970. The molecule has 0 radical (unpaired) electrons. The fourth-order valence-corrected chi connectivity index (χ4v) is 2.94. The van der Waals surface area contributed by atoms with E-state index >= 15 is 0 Å². The maximum Gasteiger partial charge on any atom is 0.194 e. The standard InChI is InChI=1S/C19H30FN3O3.HI/c1-3-21-19(22-12-18(24)16-4-6-17(20)7-5-16)23-9-8-15(13-23)14-26-11-10-25-2;/h4-7,15,18,24H,3,8-14H2,1-2H3,(H,21,22);1H. The summed E-state index contributed by atoms with van der Waals surface area (Å²) in [6.07, 6.45) is 0.304. The monoisotopic (exact) mass is 495 g/mol. The molecule has 1 saturated heterocycles. The Morgan fingerprint density at radius 3 is 2.78 bits per heavy atom. The van der Waals surface area contributed by atoms with E-state index in [-0.39, 0.29) is 36.3 Å². The summed E-state index contributed by atoms with van der Waals surface area (Å²) < 4.78 is 23.6. The highest BCUT2D eigenvalue weighted by molar-refractivity contribution is 14.0. The van der Waals surface area contributed by atoms with Crippen LogP contribution >= 0.6 is 24.0 Å². The maximum atomic E-state index is 13.0. The van der Waals surface area contributed by atoms with E-state index in [1.54, 1.807) is 19.2 Å². The molecule has 2 unspecified atom stereocenters. The maximum absolute atomic E-state index is 13.0. The lowest BCUT2D eigenvalue weighted by atomic mass is 10.1. The average molecular weight is 495 g/mol. The molecule has 1 fully saturated rings. The number of aliphatic hydroxyl groups is 1. The van der Waals surface area contributed by atoms with Gasteiger partial charge in [-0.1, -0.05) is 12.1 Å². The number of halogens is 2. The molecule has 27 heavy (non-hydrogen) atoms. The third-order valence-corrected chi connectivity index (χ3v) is 4.37. The van der Waals surface area contributed by atoms with Crippen LogP contribution in [0.5, 0.6) is 0 Å². The van der Waals surface area contributed by atoms with Gasteiger partial charge < -0.3 is 24.8 Å². The molecule has 2 N–H and O–H groups in total. The third kappa shape index (κ3) is 8.28. The Labute approximate surface area is 178 Å². The molecule has 1 heterocycles. The molecule has 0 bridgehead atoms. The predicted molar refractivity (Wildman–Crippen MR) is 115 cm³/mol. The molecule has 2 atom stereocenters. The molecule has 0 aliphatic carbocycles. The lowest BCUT2D eigenvalue weighted by Gasteiger charge is -2.22. The molecular weight excluding hydrogens is 464 g/mol. The molecular formula is C19H31FIN3O3. The van der Waals surface area contributed by atoms with Gasteiger partial charge in [0, 0.05) is 32.7 Å². The number of ether oxygens (including phenoxy) is 2. The van der Waals surface area contributed by atoms with Crippen LogP contribution in [0.1, 0.15) is 25.0 Å². The third-order valence-electron chi connectivity index (χ3n) is 4.37. The lowest BCUT2D eigenvalue weighted by molar-refractivity contribution is 0.0536. The van der Waals surface area contributed by atoms with E-state index in [0.29, 0.717) is 24.7 Å². The number of nitrogens with zero attached hydrogens (tertiary/aromatic N) is 2. The second-order valence-corrected chi connectivity index (χ2v) is 6.43. The predicted octanol–water partition coefficient (Wildman–Crippen LogP) is 2.43. The molecule has 0 aromatic heterocycles. The number of methoxy groups -OCH3 is 1. The number of guanidine groups is 1. The number of rotatable bonds is 9. The van der Waals surface area contributed by atoms with Gasteiger partial charge in [-0.05, 0) is 31.0 Å². The van der Waals surface area contributed by atoms with Gasteiger partial charge in [-0.15, -0.1) is 24.0 Å². The first-order chi connectivity index (χ1) is 12.6. The van der Waals surface area contributed by atoms with Crippen LogP contribution in [0.15, 0.2) is 29.3 Å². The zero-order chi connectivity index (χ0) is 18.8. The largest absolute Gasteiger partial charge is 0.386 e. The first kappa shape index (κ1) is 24.1. The van der Waals surface area contributed by atoms with Gasteiger partial charge in [0.05, 0.1) is 32.5 Å². The zero-order valence-corrected chi connectivity index (χ0v) is 18.4. The second kappa shape index (κ2) is 13.2. The number of hydrogen-bond acceptors (Lipinski definition) is 4. The molecule has 0 amide bonds. The van der Waals surface area contributed by atoms with E-state index in [0.717, 1.165) is 38.6 Å². The highest BCUT2D eigenvalue weighted by Gasteiger charge is 2.25. The van der Waals surface area contributed by atoms with Gasteiger partial charge in [0.15, 0.2) is 5.96 Å². The first-order valence-corrected chi connectivity index (χ1v) is 9.17. The minimum absolute atomic E-state index is 0. The van der Waals surface area contributed by atoms with Crippen LogP contribution in [-0.2, 0) is 9.47 Å². The van der Waals surface area contributed by atoms with Crippen molar-refractivity contribution in [1.82, 2.24) is 10.2 Å². The zero-order valence-electron chi connectivity index (χ0n) is 16.1. The first-order valence-electron chi connectivity index (χ1n) is 9.17. The smallest absolute Gasteiger partial charge is 0.194 e. The summed E-state index contributed by atoms with van der Waals surface area (Å²) in [6, 6.07) is 5.88. The van der Waals surface area contributed by atoms with Crippen LogP contribution in [0.2, 0.25) is 0 Å². The van der Waals surface area contributed by atoms with Crippen molar-refractivity contribution < 1.29 is 19.0 Å². The van der Waals surface area contributed by atoms with Crippen LogP contribution < -0.4 is 5.32 Å². The highest BCUT2D eigenvalue weighted by atomic mass is 127.